The first-order valence-electron chi connectivity index (χ1n) is 29.2. The average molecular weight is 1190 g/mol. The summed E-state index contributed by atoms with van der Waals surface area (Å²) in [6, 6.07) is 58.7. The Morgan fingerprint density at radius 3 is 1.18 bits per heavy atom. The van der Waals surface area contributed by atoms with E-state index in [4.69, 9.17) is 46.7 Å². The van der Waals surface area contributed by atoms with Gasteiger partial charge in [0, 0.05) is 43.2 Å². The quantitative estimate of drug-likeness (QED) is 0.0345. The molecule has 19 nitrogen and oxygen atoms in total. The molecule has 0 saturated heterocycles. The zero-order chi connectivity index (χ0) is 60.0. The molecule has 7 aromatic carbocycles. The topological polar surface area (TPSA) is 199 Å². The van der Waals surface area contributed by atoms with Crippen LogP contribution in [0.4, 0.5) is 0 Å². The Bertz CT molecular complexity index is 3810. The molecule has 450 valence electrons. The SMILES string of the molecule is O=c1c(OCc2ccccc2)c(-c2ccc(OCCOCCOCCn3cc(CN(Cc4ccccc4)Cc4cn(CCOCCOCCOc5ccc(-c6oc7ccccc7c(=O)c6OCc6ccccc6)cc5)nn4)nn3)cc2)oc2ccccc12. The maximum atomic E-state index is 13.6. The van der Waals surface area contributed by atoms with Crippen molar-refractivity contribution in [3.8, 4) is 45.6 Å². The van der Waals surface area contributed by atoms with Crippen LogP contribution in [-0.2, 0) is 64.9 Å². The predicted octanol–water partition coefficient (Wildman–Crippen LogP) is 11.0. The largest absolute Gasteiger partial charge is 0.491 e. The number of rotatable bonds is 34. The van der Waals surface area contributed by atoms with Gasteiger partial charge in [-0.15, -0.1) is 10.2 Å². The lowest BCUT2D eigenvalue weighted by atomic mass is 10.1. The second kappa shape index (κ2) is 31.1. The molecule has 0 unspecified atom stereocenters. The molecule has 0 aliphatic rings. The minimum absolute atomic E-state index is 0.163. The Balaban J connectivity index is 0.558. The van der Waals surface area contributed by atoms with Crippen LogP contribution in [0.15, 0.2) is 219 Å². The summed E-state index contributed by atoms with van der Waals surface area (Å²) in [5.41, 5.74) is 6.60. The lowest BCUT2D eigenvalue weighted by molar-refractivity contribution is 0.0333. The van der Waals surface area contributed by atoms with Crippen LogP contribution in [0.25, 0.3) is 44.6 Å². The third kappa shape index (κ3) is 16.8. The van der Waals surface area contributed by atoms with Crippen molar-refractivity contribution in [2.45, 2.75) is 45.9 Å². The van der Waals surface area contributed by atoms with E-state index in [9.17, 15) is 9.59 Å². The minimum atomic E-state index is -0.225. The lowest BCUT2D eigenvalue weighted by Crippen LogP contribution is -2.23. The fourth-order valence-corrected chi connectivity index (χ4v) is 9.66. The van der Waals surface area contributed by atoms with E-state index in [-0.39, 0.29) is 35.6 Å². The molecule has 11 aromatic rings. The summed E-state index contributed by atoms with van der Waals surface area (Å²) in [6.07, 6.45) is 3.88. The molecule has 4 heterocycles. The number of nitrogens with zero attached hydrogens (tertiary/aromatic N) is 7. The number of aromatic nitrogens is 6. The van der Waals surface area contributed by atoms with Gasteiger partial charge in [-0.25, -0.2) is 9.36 Å². The van der Waals surface area contributed by atoms with Gasteiger partial charge in [-0.2, -0.15) is 0 Å². The average Bonchev–Trinajstić information content (AvgIpc) is 1.90. The Morgan fingerprint density at radius 2 is 0.750 bits per heavy atom. The molecule has 0 saturated carbocycles. The van der Waals surface area contributed by atoms with Crippen LogP contribution in [0, 0.1) is 0 Å². The molecular formula is C69H67N7O12. The van der Waals surface area contributed by atoms with Crippen molar-refractivity contribution in [1.82, 2.24) is 34.9 Å². The molecule has 0 atom stereocenters. The van der Waals surface area contributed by atoms with Crippen molar-refractivity contribution in [1.29, 1.82) is 0 Å². The van der Waals surface area contributed by atoms with Crippen LogP contribution in [0.3, 0.4) is 0 Å². The normalized spacial score (nSPS) is 11.4. The molecule has 0 aliphatic heterocycles. The first-order valence-corrected chi connectivity index (χ1v) is 29.2. The maximum Gasteiger partial charge on any atom is 0.235 e. The summed E-state index contributed by atoms with van der Waals surface area (Å²) in [5.74, 6) is 2.35. The third-order valence-electron chi connectivity index (χ3n) is 14.1. The zero-order valence-corrected chi connectivity index (χ0v) is 48.6. The van der Waals surface area contributed by atoms with Crippen LogP contribution in [0.1, 0.15) is 28.1 Å². The van der Waals surface area contributed by atoms with Crippen molar-refractivity contribution in [3.05, 3.63) is 249 Å². The number of benzene rings is 7. The number of para-hydroxylation sites is 2. The van der Waals surface area contributed by atoms with E-state index in [1.54, 1.807) is 33.6 Å². The highest BCUT2D eigenvalue weighted by Crippen LogP contribution is 2.34. The Morgan fingerprint density at radius 1 is 0.375 bits per heavy atom. The van der Waals surface area contributed by atoms with Gasteiger partial charge in [0.1, 0.15) is 49.1 Å². The van der Waals surface area contributed by atoms with Crippen molar-refractivity contribution < 1.29 is 46.7 Å². The van der Waals surface area contributed by atoms with Gasteiger partial charge in [0.2, 0.25) is 22.4 Å². The van der Waals surface area contributed by atoms with Gasteiger partial charge < -0.3 is 46.7 Å². The highest BCUT2D eigenvalue weighted by molar-refractivity contribution is 5.83. The lowest BCUT2D eigenvalue weighted by Gasteiger charge is -2.20. The fourth-order valence-electron chi connectivity index (χ4n) is 9.66. The molecule has 11 rings (SSSR count). The van der Waals surface area contributed by atoms with E-state index in [1.807, 2.05) is 164 Å². The van der Waals surface area contributed by atoms with E-state index < -0.39 is 0 Å². The second-order valence-electron chi connectivity index (χ2n) is 20.5. The molecule has 0 N–H and O–H groups in total. The highest BCUT2D eigenvalue weighted by Gasteiger charge is 2.21. The molecule has 19 heteroatoms. The molecule has 0 fully saturated rings. The predicted molar refractivity (Wildman–Crippen MR) is 331 cm³/mol. The van der Waals surface area contributed by atoms with Gasteiger partial charge in [-0.1, -0.05) is 126 Å². The standard InChI is InChI=1S/C69H67N7O12/c77-64-60-20-10-12-22-62(60)87-66(68(64)85-49-52-16-6-2-7-17-52)54-24-28-58(29-25-54)83-42-40-81-38-36-79-34-32-75-47-56(70-72-75)45-74(44-51-14-4-1-5-15-51)46-57-48-76(73-71-57)33-35-80-37-39-82-41-43-84-59-30-26-55(27-31-59)67-69(86-50-53-18-8-3-9-19-53)65(78)61-21-11-13-23-63(61)88-67/h1-31,47-48H,32-46,49-50H2. The van der Waals surface area contributed by atoms with Gasteiger partial charge in [0.05, 0.1) is 88.1 Å². The fraction of sp³-hybridized carbons (Fsp3) is 0.246. The summed E-state index contributed by atoms with van der Waals surface area (Å²) >= 11 is 0. The molecule has 0 amide bonds. The Kier molecular flexibility index (Phi) is 21.2. The van der Waals surface area contributed by atoms with Crippen LogP contribution >= 0.6 is 0 Å². The van der Waals surface area contributed by atoms with E-state index >= 15 is 0 Å². The Labute approximate surface area is 508 Å². The number of ether oxygens (including phenoxy) is 8. The van der Waals surface area contributed by atoms with E-state index in [1.165, 1.54) is 5.56 Å². The number of hydrogen-bond acceptors (Lipinski definition) is 17. The summed E-state index contributed by atoms with van der Waals surface area (Å²) in [7, 11) is 0. The van der Waals surface area contributed by atoms with Gasteiger partial charge in [-0.05, 0) is 89.5 Å². The van der Waals surface area contributed by atoms with E-state index in [0.29, 0.717) is 155 Å². The summed E-state index contributed by atoms with van der Waals surface area (Å²) in [4.78, 5) is 29.4. The summed E-state index contributed by atoms with van der Waals surface area (Å²) in [5, 5.41) is 18.6. The first-order chi connectivity index (χ1) is 43.5. The van der Waals surface area contributed by atoms with E-state index in [0.717, 1.165) is 22.5 Å². The molecule has 0 radical (unpaired) electrons. The molecule has 0 bridgehead atoms. The van der Waals surface area contributed by atoms with Crippen LogP contribution < -0.4 is 29.8 Å². The molecule has 0 aliphatic carbocycles. The smallest absolute Gasteiger partial charge is 0.235 e. The highest BCUT2D eigenvalue weighted by atomic mass is 16.6. The van der Waals surface area contributed by atoms with Crippen molar-refractivity contribution >= 4 is 21.9 Å². The van der Waals surface area contributed by atoms with Gasteiger partial charge >= 0.3 is 0 Å². The Hall–Kier alpha value is -9.76. The maximum absolute atomic E-state index is 13.6. The zero-order valence-electron chi connectivity index (χ0n) is 48.6. The van der Waals surface area contributed by atoms with Crippen LogP contribution in [0.5, 0.6) is 23.0 Å². The van der Waals surface area contributed by atoms with Crippen molar-refractivity contribution in [2.24, 2.45) is 0 Å². The molecule has 4 aromatic heterocycles. The van der Waals surface area contributed by atoms with Crippen LogP contribution in [0.2, 0.25) is 0 Å². The second-order valence-corrected chi connectivity index (χ2v) is 20.5. The summed E-state index contributed by atoms with van der Waals surface area (Å²) < 4.78 is 63.4. The van der Waals surface area contributed by atoms with Gasteiger partial charge in [0.15, 0.2) is 11.5 Å². The monoisotopic (exact) mass is 1190 g/mol. The van der Waals surface area contributed by atoms with E-state index in [2.05, 4.69) is 37.7 Å². The molecule has 0 spiro atoms. The van der Waals surface area contributed by atoms with Crippen molar-refractivity contribution in [2.75, 3.05) is 66.1 Å². The number of fused-ring (bicyclic) bond motifs is 2. The van der Waals surface area contributed by atoms with Gasteiger partial charge in [-0.3, -0.25) is 14.5 Å². The minimum Gasteiger partial charge on any atom is -0.491 e. The summed E-state index contributed by atoms with van der Waals surface area (Å²) in [6.45, 7) is 7.28. The third-order valence-corrected chi connectivity index (χ3v) is 14.1. The van der Waals surface area contributed by atoms with Crippen LogP contribution in [-0.4, -0.2) is 101 Å². The first kappa shape index (κ1) is 59.9. The number of hydrogen-bond donors (Lipinski definition) is 0. The van der Waals surface area contributed by atoms with Gasteiger partial charge in [0.25, 0.3) is 0 Å². The molecular weight excluding hydrogens is 1120 g/mol. The van der Waals surface area contributed by atoms with Crippen molar-refractivity contribution in [3.63, 3.8) is 0 Å². The molecule has 88 heavy (non-hydrogen) atoms.